The molecule has 0 saturated heterocycles. The molecule has 10 rings (SSSR count). The summed E-state index contributed by atoms with van der Waals surface area (Å²) in [4.78, 5) is 14.9. The number of para-hydroxylation sites is 3. The fourth-order valence-electron chi connectivity index (χ4n) is 7.34. The minimum atomic E-state index is -0.270. The number of rotatable bonds is 6. The number of fused-ring (bicyclic) bond motifs is 4. The van der Waals surface area contributed by atoms with Crippen LogP contribution in [0.1, 0.15) is 5.48 Å². The lowest BCUT2D eigenvalue weighted by molar-refractivity contribution is 1.08. The van der Waals surface area contributed by atoms with Crippen molar-refractivity contribution in [3.63, 3.8) is 0 Å². The van der Waals surface area contributed by atoms with Crippen LogP contribution >= 0.6 is 0 Å². The average molecular weight is 681 g/mol. The van der Waals surface area contributed by atoms with Gasteiger partial charge in [0.15, 0.2) is 17.5 Å². The minimum absolute atomic E-state index is 0.0856. The van der Waals surface area contributed by atoms with Crippen molar-refractivity contribution in [2.45, 2.75) is 0 Å². The molecule has 2 aromatic heterocycles. The van der Waals surface area contributed by atoms with Gasteiger partial charge in [-0.2, -0.15) is 0 Å². The predicted octanol–water partition coefficient (Wildman–Crippen LogP) is 12.5. The Balaban J connectivity index is 1.12. The van der Waals surface area contributed by atoms with Gasteiger partial charge in [-0.1, -0.05) is 170 Å². The zero-order valence-electron chi connectivity index (χ0n) is 32.5. The first-order chi connectivity index (χ1) is 28.0. The van der Waals surface area contributed by atoms with Crippen LogP contribution in [0, 0.1) is 0 Å². The van der Waals surface area contributed by atoms with Crippen LogP contribution in [0.5, 0.6) is 0 Å². The first kappa shape index (κ1) is 26.6. The quantitative estimate of drug-likeness (QED) is 0.176. The van der Waals surface area contributed by atoms with Gasteiger partial charge in [0.25, 0.3) is 0 Å². The molecule has 0 aliphatic carbocycles. The van der Waals surface area contributed by atoms with Crippen molar-refractivity contribution in [2.75, 3.05) is 0 Å². The van der Waals surface area contributed by atoms with E-state index in [4.69, 9.17) is 17.7 Å². The molecule has 0 amide bonds. The van der Waals surface area contributed by atoms with Gasteiger partial charge in [-0.25, -0.2) is 15.0 Å². The molecular formula is C49H32N4. The molecule has 2 heterocycles. The highest BCUT2D eigenvalue weighted by Crippen LogP contribution is 2.39. The van der Waals surface area contributed by atoms with Gasteiger partial charge in [0, 0.05) is 33.0 Å². The van der Waals surface area contributed by atoms with Gasteiger partial charge in [0.2, 0.25) is 0 Å². The molecule has 0 radical (unpaired) electrons. The number of benzene rings is 8. The molecule has 0 spiro atoms. The van der Waals surface area contributed by atoms with Crippen molar-refractivity contribution in [3.05, 3.63) is 194 Å². The predicted molar refractivity (Wildman–Crippen MR) is 219 cm³/mol. The largest absolute Gasteiger partial charge is 0.309 e. The van der Waals surface area contributed by atoms with Crippen LogP contribution in [0.4, 0.5) is 0 Å². The van der Waals surface area contributed by atoms with E-state index in [1.165, 1.54) is 0 Å². The van der Waals surface area contributed by atoms with E-state index in [0.717, 1.165) is 60.4 Å². The Morgan fingerprint density at radius 2 is 0.774 bits per heavy atom. The number of hydrogen-bond donors (Lipinski definition) is 0. The zero-order valence-corrected chi connectivity index (χ0v) is 28.5. The fraction of sp³-hybridized carbons (Fsp3) is 0. The van der Waals surface area contributed by atoms with Crippen LogP contribution in [0.2, 0.25) is 0 Å². The van der Waals surface area contributed by atoms with Crippen LogP contribution in [0.25, 0.3) is 94.7 Å². The second-order valence-corrected chi connectivity index (χ2v) is 12.9. The molecule has 53 heavy (non-hydrogen) atoms. The summed E-state index contributed by atoms with van der Waals surface area (Å²) < 4.78 is 37.7. The lowest BCUT2D eigenvalue weighted by Crippen LogP contribution is -2.00. The molecule has 0 unspecified atom stereocenters. The lowest BCUT2D eigenvalue weighted by Gasteiger charge is -2.15. The maximum Gasteiger partial charge on any atom is 0.164 e. The van der Waals surface area contributed by atoms with Gasteiger partial charge < -0.3 is 4.57 Å². The van der Waals surface area contributed by atoms with Crippen LogP contribution < -0.4 is 0 Å². The highest BCUT2D eigenvalue weighted by atomic mass is 15.0. The van der Waals surface area contributed by atoms with Gasteiger partial charge in [0.05, 0.1) is 22.2 Å². The Bertz CT molecular complexity index is 3050. The highest BCUT2D eigenvalue weighted by molar-refractivity contribution is 6.10. The molecule has 0 aliphatic rings. The Kier molecular flexibility index (Phi) is 6.46. The van der Waals surface area contributed by atoms with Gasteiger partial charge in [0.1, 0.15) is 0 Å². The van der Waals surface area contributed by atoms with Crippen molar-refractivity contribution in [1.82, 2.24) is 19.5 Å². The van der Waals surface area contributed by atoms with Crippen LogP contribution in [-0.2, 0) is 0 Å². The minimum Gasteiger partial charge on any atom is -0.309 e. The Labute approximate surface area is 313 Å². The molecule has 4 nitrogen and oxygen atoms in total. The van der Waals surface area contributed by atoms with Gasteiger partial charge in [-0.05, 0) is 51.7 Å². The number of aromatic nitrogens is 4. The number of nitrogens with zero attached hydrogens (tertiary/aromatic N) is 4. The van der Waals surface area contributed by atoms with Crippen LogP contribution in [0.15, 0.2) is 194 Å². The maximum atomic E-state index is 9.21. The average Bonchev–Trinajstić information content (AvgIpc) is 3.61. The Hall–Kier alpha value is -7.17. The van der Waals surface area contributed by atoms with E-state index >= 15 is 0 Å². The smallest absolute Gasteiger partial charge is 0.164 e. The Morgan fingerprint density at radius 3 is 1.36 bits per heavy atom. The van der Waals surface area contributed by atoms with Crippen molar-refractivity contribution in [1.29, 1.82) is 0 Å². The third-order valence-electron chi connectivity index (χ3n) is 9.82. The molecule has 0 fully saturated rings. The van der Waals surface area contributed by atoms with E-state index in [-0.39, 0.29) is 24.2 Å². The molecule has 8 aromatic carbocycles. The molecule has 248 valence electrons. The first-order valence-electron chi connectivity index (χ1n) is 19.5. The van der Waals surface area contributed by atoms with Gasteiger partial charge >= 0.3 is 0 Å². The number of hydrogen-bond acceptors (Lipinski definition) is 3. The van der Waals surface area contributed by atoms with E-state index in [0.29, 0.717) is 34.3 Å². The molecule has 4 heteroatoms. The normalized spacial score (nSPS) is 12.5. The van der Waals surface area contributed by atoms with E-state index in [1.54, 1.807) is 0 Å². The molecule has 0 bridgehead atoms. The molecule has 0 atom stereocenters. The summed E-state index contributed by atoms with van der Waals surface area (Å²) in [7, 11) is 0. The molecule has 0 N–H and O–H groups in total. The summed E-state index contributed by atoms with van der Waals surface area (Å²) in [6.07, 6.45) is 0. The van der Waals surface area contributed by atoms with E-state index in [9.17, 15) is 2.74 Å². The lowest BCUT2D eigenvalue weighted by atomic mass is 9.93. The molecule has 0 aliphatic heterocycles. The summed E-state index contributed by atoms with van der Waals surface area (Å²) in [5.74, 6) is 1.78. The van der Waals surface area contributed by atoms with Crippen molar-refractivity contribution in [2.24, 2.45) is 0 Å². The third-order valence-corrected chi connectivity index (χ3v) is 9.82. The summed E-state index contributed by atoms with van der Waals surface area (Å²) in [5.41, 5.74) is 7.98. The monoisotopic (exact) mass is 680 g/mol. The van der Waals surface area contributed by atoms with E-state index in [2.05, 4.69) is 36.4 Å². The topological polar surface area (TPSA) is 43.6 Å². The first-order valence-corrected chi connectivity index (χ1v) is 17.5. The highest BCUT2D eigenvalue weighted by Gasteiger charge is 2.18. The molecule has 10 aromatic rings. The zero-order chi connectivity index (χ0) is 38.6. The standard InChI is InChI=1S/C49H32N4/c1-3-15-35(16-4-1)47-50-48(36-17-5-2-6-18-36)52-49(51-47)43-32-31-37(39-20-7-8-21-40(39)43)33-27-29-34(30-28-33)38-19-9-12-24-44(38)53-45-25-13-10-22-41(45)42-23-11-14-26-46(42)53/h1-32H/i9D,12D,19D,24D. The van der Waals surface area contributed by atoms with Crippen molar-refractivity contribution >= 4 is 32.6 Å². The second kappa shape index (κ2) is 12.9. The second-order valence-electron chi connectivity index (χ2n) is 12.9. The SMILES string of the molecule is [2H]c1c([2H])c([2H])c(-n2c3ccccc3c3ccccc32)c(-c2ccc(-c3ccc(-c4nc(-c5ccccc5)nc(-c5ccccc5)n4)c4ccccc34)cc2)c1[2H]. The van der Waals surface area contributed by atoms with Crippen molar-refractivity contribution in [3.8, 4) is 62.1 Å². The van der Waals surface area contributed by atoms with Gasteiger partial charge in [-0.3, -0.25) is 0 Å². The molecule has 0 saturated carbocycles. The van der Waals surface area contributed by atoms with Crippen LogP contribution in [0.3, 0.4) is 0 Å². The summed E-state index contributed by atoms with van der Waals surface area (Å²) in [6.45, 7) is 0. The van der Waals surface area contributed by atoms with E-state index in [1.807, 2.05) is 138 Å². The van der Waals surface area contributed by atoms with Crippen molar-refractivity contribution < 1.29 is 5.48 Å². The van der Waals surface area contributed by atoms with E-state index < -0.39 is 0 Å². The molecular weight excluding hydrogens is 645 g/mol. The Morgan fingerprint density at radius 1 is 0.340 bits per heavy atom. The third kappa shape index (κ3) is 5.36. The maximum absolute atomic E-state index is 9.21. The summed E-state index contributed by atoms with van der Waals surface area (Å²) >= 11 is 0. The summed E-state index contributed by atoms with van der Waals surface area (Å²) in [6, 6.07) is 55.6. The summed E-state index contributed by atoms with van der Waals surface area (Å²) in [5, 5.41) is 4.05. The fourth-order valence-corrected chi connectivity index (χ4v) is 7.34. The van der Waals surface area contributed by atoms with Crippen LogP contribution in [-0.4, -0.2) is 19.5 Å². The van der Waals surface area contributed by atoms with Gasteiger partial charge in [-0.15, -0.1) is 0 Å².